The number of hydrogen-bond donors (Lipinski definition) is 9. The molecule has 0 spiro atoms. The highest BCUT2D eigenvalue weighted by atomic mass is 16.2. The highest BCUT2D eigenvalue weighted by Crippen LogP contribution is 2.19. The Kier molecular flexibility index (Phi) is 11.7. The van der Waals surface area contributed by atoms with E-state index >= 15 is 0 Å². The molecule has 0 aliphatic rings. The summed E-state index contributed by atoms with van der Waals surface area (Å²) in [5, 5.41) is 9.12. The molecule has 0 saturated carbocycles. The van der Waals surface area contributed by atoms with E-state index in [1.165, 1.54) is 0 Å². The third-order valence-electron chi connectivity index (χ3n) is 6.44. The number of nitrogens with zero attached hydrogens (tertiary/aromatic N) is 2. The van der Waals surface area contributed by atoms with Gasteiger partial charge in [0.2, 0.25) is 17.7 Å². The predicted molar refractivity (Wildman–Crippen MR) is 163 cm³/mol. The number of hydrogen-bond acceptors (Lipinski definition) is 6. The van der Waals surface area contributed by atoms with Crippen molar-refractivity contribution in [2.24, 2.45) is 38.7 Å². The summed E-state index contributed by atoms with van der Waals surface area (Å²) in [5.41, 5.74) is 30.3. The molecule has 42 heavy (non-hydrogen) atoms. The number of aromatic amines is 1. The minimum atomic E-state index is -1.11. The molecule has 14 heteroatoms. The smallest absolute Gasteiger partial charge is 0.244 e. The van der Waals surface area contributed by atoms with Crippen molar-refractivity contribution in [3.63, 3.8) is 0 Å². The zero-order chi connectivity index (χ0) is 30.5. The van der Waals surface area contributed by atoms with Gasteiger partial charge in [0.15, 0.2) is 11.9 Å². The third-order valence-corrected chi connectivity index (χ3v) is 6.44. The lowest BCUT2D eigenvalue weighted by molar-refractivity contribution is -0.132. The number of carbonyl (C=O) groups excluding carboxylic acids is 3. The number of fused-ring (bicyclic) bond motifs is 1. The van der Waals surface area contributed by atoms with Crippen LogP contribution >= 0.6 is 0 Å². The van der Waals surface area contributed by atoms with Crippen LogP contribution in [0.3, 0.4) is 0 Å². The summed E-state index contributed by atoms with van der Waals surface area (Å²) in [6, 6.07) is 13.8. The summed E-state index contributed by atoms with van der Waals surface area (Å²) in [6.07, 6.45) is 2.66. The van der Waals surface area contributed by atoms with Gasteiger partial charge in [-0.1, -0.05) is 48.5 Å². The van der Waals surface area contributed by atoms with Gasteiger partial charge >= 0.3 is 0 Å². The van der Waals surface area contributed by atoms with Crippen LogP contribution in [0.25, 0.3) is 10.9 Å². The Morgan fingerprint density at radius 3 is 2.19 bits per heavy atom. The first-order valence-electron chi connectivity index (χ1n) is 13.5. The number of guanidine groups is 2. The van der Waals surface area contributed by atoms with Gasteiger partial charge in [0.1, 0.15) is 12.1 Å². The molecule has 0 fully saturated rings. The first-order chi connectivity index (χ1) is 20.1. The number of rotatable bonds is 15. The molecule has 2 aromatic carbocycles. The second-order valence-electron chi connectivity index (χ2n) is 9.71. The predicted octanol–water partition coefficient (Wildman–Crippen LogP) is -1.35. The summed E-state index contributed by atoms with van der Waals surface area (Å²) >= 11 is 0. The van der Waals surface area contributed by atoms with Crippen LogP contribution in [0, 0.1) is 0 Å². The van der Waals surface area contributed by atoms with Gasteiger partial charge in [0, 0.05) is 36.6 Å². The quantitative estimate of drug-likeness (QED) is 0.0591. The summed E-state index contributed by atoms with van der Waals surface area (Å²) in [6.45, 7) is 0.345. The van der Waals surface area contributed by atoms with Crippen molar-refractivity contribution in [2.75, 3.05) is 13.1 Å². The molecule has 1 aromatic heterocycles. The van der Waals surface area contributed by atoms with Crippen molar-refractivity contribution in [1.82, 2.24) is 20.9 Å². The van der Waals surface area contributed by atoms with E-state index in [1.54, 1.807) is 6.20 Å². The van der Waals surface area contributed by atoms with Gasteiger partial charge in [-0.3, -0.25) is 24.4 Å². The first kappa shape index (κ1) is 31.4. The second kappa shape index (κ2) is 15.6. The number of para-hydroxylation sites is 1. The molecule has 14 nitrogen and oxygen atoms in total. The third kappa shape index (κ3) is 9.82. The number of nitrogens with two attached hydrogens (primary N) is 5. The maximum atomic E-state index is 13.6. The van der Waals surface area contributed by atoms with Crippen molar-refractivity contribution in [3.05, 3.63) is 71.9 Å². The SMILES string of the molecule is NC(N)=NCCC[C@H](N)C(=O)N[C@@H](Cc1c[nH]c2ccccc12)C(=O)NC(CN=C(N)N)C(=O)NCc1ccccc1. The molecular formula is C28H39N11O3. The average molecular weight is 578 g/mol. The Morgan fingerprint density at radius 1 is 0.810 bits per heavy atom. The van der Waals surface area contributed by atoms with Crippen LogP contribution in [0.15, 0.2) is 70.8 Å². The number of nitrogens with one attached hydrogen (secondary N) is 4. The fourth-order valence-corrected chi connectivity index (χ4v) is 4.23. The highest BCUT2D eigenvalue weighted by Gasteiger charge is 2.29. The maximum Gasteiger partial charge on any atom is 0.244 e. The van der Waals surface area contributed by atoms with Gasteiger partial charge in [0.05, 0.1) is 12.6 Å². The number of aromatic nitrogens is 1. The average Bonchev–Trinajstić information content (AvgIpc) is 3.38. The van der Waals surface area contributed by atoms with E-state index in [4.69, 9.17) is 28.7 Å². The topological polar surface area (TPSA) is 258 Å². The van der Waals surface area contributed by atoms with Gasteiger partial charge < -0.3 is 49.6 Å². The van der Waals surface area contributed by atoms with Crippen LogP contribution in [0.5, 0.6) is 0 Å². The van der Waals surface area contributed by atoms with Crippen molar-refractivity contribution < 1.29 is 14.4 Å². The van der Waals surface area contributed by atoms with Crippen LogP contribution in [0.1, 0.15) is 24.0 Å². The Labute approximate surface area is 243 Å². The molecule has 0 aliphatic heterocycles. The molecule has 3 atom stereocenters. The molecule has 3 amide bonds. The number of aliphatic imine (C=N–C) groups is 2. The van der Waals surface area contributed by atoms with Gasteiger partial charge in [-0.2, -0.15) is 0 Å². The maximum absolute atomic E-state index is 13.6. The molecule has 0 saturated heterocycles. The summed E-state index contributed by atoms with van der Waals surface area (Å²) < 4.78 is 0. The molecule has 0 bridgehead atoms. The molecule has 0 radical (unpaired) electrons. The van der Waals surface area contributed by atoms with E-state index in [9.17, 15) is 14.4 Å². The molecule has 3 rings (SSSR count). The molecule has 3 aromatic rings. The Balaban J connectivity index is 1.77. The van der Waals surface area contributed by atoms with Crippen molar-refractivity contribution >= 4 is 40.5 Å². The fourth-order valence-electron chi connectivity index (χ4n) is 4.23. The van der Waals surface area contributed by atoms with Crippen molar-refractivity contribution in [1.29, 1.82) is 0 Å². The molecular weight excluding hydrogens is 538 g/mol. The Morgan fingerprint density at radius 2 is 1.48 bits per heavy atom. The van der Waals surface area contributed by atoms with E-state index in [0.29, 0.717) is 19.4 Å². The van der Waals surface area contributed by atoms with Gasteiger partial charge in [-0.25, -0.2) is 0 Å². The lowest BCUT2D eigenvalue weighted by Crippen LogP contribution is -2.57. The van der Waals surface area contributed by atoms with E-state index in [-0.39, 0.29) is 31.4 Å². The molecule has 224 valence electrons. The summed E-state index contributed by atoms with van der Waals surface area (Å²) in [5.74, 6) is -1.92. The number of H-pyrrole nitrogens is 1. The minimum absolute atomic E-state index is 0.0495. The Bertz CT molecular complexity index is 1400. The molecule has 14 N–H and O–H groups in total. The highest BCUT2D eigenvalue weighted by molar-refractivity contribution is 5.94. The van der Waals surface area contributed by atoms with Crippen LogP contribution in [-0.2, 0) is 27.3 Å². The van der Waals surface area contributed by atoms with Gasteiger partial charge in [-0.05, 0) is 30.0 Å². The molecule has 0 aliphatic carbocycles. The van der Waals surface area contributed by atoms with E-state index < -0.39 is 35.8 Å². The van der Waals surface area contributed by atoms with Crippen molar-refractivity contribution in [3.8, 4) is 0 Å². The number of amides is 3. The largest absolute Gasteiger partial charge is 0.370 e. The second-order valence-corrected chi connectivity index (χ2v) is 9.71. The van der Waals surface area contributed by atoms with E-state index in [1.807, 2.05) is 54.6 Å². The number of carbonyl (C=O) groups is 3. The van der Waals surface area contributed by atoms with Crippen LogP contribution in [0.2, 0.25) is 0 Å². The monoisotopic (exact) mass is 577 g/mol. The first-order valence-corrected chi connectivity index (χ1v) is 13.5. The lowest BCUT2D eigenvalue weighted by Gasteiger charge is -2.23. The summed E-state index contributed by atoms with van der Waals surface area (Å²) in [4.78, 5) is 50.7. The van der Waals surface area contributed by atoms with Crippen LogP contribution in [0.4, 0.5) is 0 Å². The molecule has 1 unspecified atom stereocenters. The lowest BCUT2D eigenvalue weighted by atomic mass is 10.0. The number of benzene rings is 2. The minimum Gasteiger partial charge on any atom is -0.370 e. The zero-order valence-corrected chi connectivity index (χ0v) is 23.3. The summed E-state index contributed by atoms with van der Waals surface area (Å²) in [7, 11) is 0. The fraction of sp³-hybridized carbons (Fsp3) is 0.321. The van der Waals surface area contributed by atoms with Crippen molar-refractivity contribution in [2.45, 2.75) is 43.9 Å². The van der Waals surface area contributed by atoms with E-state index in [2.05, 4.69) is 30.9 Å². The van der Waals surface area contributed by atoms with Crippen LogP contribution in [-0.4, -0.2) is 65.8 Å². The van der Waals surface area contributed by atoms with Gasteiger partial charge in [0.25, 0.3) is 0 Å². The zero-order valence-electron chi connectivity index (χ0n) is 23.3. The normalized spacial score (nSPS) is 12.9. The Hall–Kier alpha value is -5.11. The standard InChI is InChI=1S/C28H39N11O3/c29-20(10-6-12-34-27(30)31)24(40)38-22(13-18-15-35-21-11-5-4-9-19(18)21)26(42)39-23(16-37-28(32)33)25(41)36-14-17-7-2-1-3-8-17/h1-5,7-9,11,15,20,22-23,35H,6,10,12-14,16,29H2,(H,36,41)(H,38,40)(H,39,42)(H4,30,31,34)(H4,32,33,37)/t20-,22-,23?/m0/s1. The van der Waals surface area contributed by atoms with Crippen LogP contribution < -0.4 is 44.6 Å². The molecule has 1 heterocycles. The van der Waals surface area contributed by atoms with E-state index in [0.717, 1.165) is 22.0 Å². The van der Waals surface area contributed by atoms with Gasteiger partial charge in [-0.15, -0.1) is 0 Å².